The number of carbonyl (C=O) groups excluding carboxylic acids is 1. The predicted octanol–water partition coefficient (Wildman–Crippen LogP) is 3.35. The number of nitrogens with one attached hydrogen (secondary N) is 1. The summed E-state index contributed by atoms with van der Waals surface area (Å²) in [4.78, 5) is 33.8. The lowest BCUT2D eigenvalue weighted by Crippen LogP contribution is -2.28. The molecule has 1 amide bonds. The fourth-order valence-electron chi connectivity index (χ4n) is 3.47. The molecule has 1 atom stereocenters. The third-order valence-electron chi connectivity index (χ3n) is 4.94. The van der Waals surface area contributed by atoms with Crippen LogP contribution >= 0.6 is 11.6 Å². The molecule has 0 radical (unpaired) electrons. The maximum atomic E-state index is 13.8. The lowest BCUT2D eigenvalue weighted by atomic mass is 9.87. The van der Waals surface area contributed by atoms with Gasteiger partial charge in [0.15, 0.2) is 5.65 Å². The molecule has 1 aromatic carbocycles. The molecule has 144 valence electrons. The SMILES string of the molecule is C[C@H]1CCc2nc3ncn(CC(=O)Nc4ccc(Cl)cc4F)c(=O)c3cc2C1. The van der Waals surface area contributed by atoms with Gasteiger partial charge in [0.2, 0.25) is 5.91 Å². The number of fused-ring (bicyclic) bond motifs is 2. The van der Waals surface area contributed by atoms with Crippen molar-refractivity contribution in [1.29, 1.82) is 0 Å². The van der Waals surface area contributed by atoms with Crippen molar-refractivity contribution in [3.8, 4) is 0 Å². The van der Waals surface area contributed by atoms with Gasteiger partial charge < -0.3 is 5.32 Å². The molecule has 1 aliphatic rings. The number of pyridine rings is 1. The Morgan fingerprint density at radius 1 is 1.39 bits per heavy atom. The maximum Gasteiger partial charge on any atom is 0.263 e. The van der Waals surface area contributed by atoms with Gasteiger partial charge in [-0.15, -0.1) is 0 Å². The first-order valence-electron chi connectivity index (χ1n) is 9.03. The van der Waals surface area contributed by atoms with Gasteiger partial charge in [0.25, 0.3) is 5.56 Å². The Hall–Kier alpha value is -2.80. The van der Waals surface area contributed by atoms with E-state index in [9.17, 15) is 14.0 Å². The van der Waals surface area contributed by atoms with Crippen molar-refractivity contribution in [1.82, 2.24) is 14.5 Å². The first-order valence-corrected chi connectivity index (χ1v) is 9.41. The number of aromatic nitrogens is 3. The van der Waals surface area contributed by atoms with Gasteiger partial charge >= 0.3 is 0 Å². The van der Waals surface area contributed by atoms with Crippen molar-refractivity contribution in [3.05, 3.63) is 63.0 Å². The van der Waals surface area contributed by atoms with Gasteiger partial charge in [0, 0.05) is 10.7 Å². The Morgan fingerprint density at radius 3 is 3.00 bits per heavy atom. The van der Waals surface area contributed by atoms with Gasteiger partial charge in [-0.2, -0.15) is 0 Å². The van der Waals surface area contributed by atoms with Crippen molar-refractivity contribution in [2.75, 3.05) is 5.32 Å². The van der Waals surface area contributed by atoms with Gasteiger partial charge in [0.1, 0.15) is 18.7 Å². The largest absolute Gasteiger partial charge is 0.322 e. The Kier molecular flexibility index (Phi) is 4.85. The summed E-state index contributed by atoms with van der Waals surface area (Å²) in [5.41, 5.74) is 2.10. The van der Waals surface area contributed by atoms with E-state index in [2.05, 4.69) is 22.2 Å². The molecule has 1 aliphatic carbocycles. The van der Waals surface area contributed by atoms with E-state index < -0.39 is 11.7 Å². The normalized spacial score (nSPS) is 16.0. The number of anilines is 1. The molecule has 0 aliphatic heterocycles. The molecular weight excluding hydrogens is 383 g/mol. The standard InChI is InChI=1S/C20H18ClFN4O2/c1-11-2-4-16-12(6-11)7-14-19(25-16)23-10-26(20(14)28)9-18(27)24-17-5-3-13(21)8-15(17)22/h3,5,7-8,10-11H,2,4,6,9H2,1H3,(H,24,27)/t11-/m0/s1. The summed E-state index contributed by atoms with van der Waals surface area (Å²) in [5.74, 6) is -0.635. The van der Waals surface area contributed by atoms with E-state index in [4.69, 9.17) is 11.6 Å². The molecule has 28 heavy (non-hydrogen) atoms. The minimum absolute atomic E-state index is 0.000853. The van der Waals surface area contributed by atoms with Gasteiger partial charge in [-0.3, -0.25) is 14.2 Å². The summed E-state index contributed by atoms with van der Waals surface area (Å²) in [7, 11) is 0. The molecule has 4 rings (SSSR count). The van der Waals surface area contributed by atoms with Crippen LogP contribution < -0.4 is 10.9 Å². The first kappa shape index (κ1) is 18.6. The third-order valence-corrected chi connectivity index (χ3v) is 5.18. The third kappa shape index (κ3) is 3.62. The van der Waals surface area contributed by atoms with Crippen LogP contribution in [0.2, 0.25) is 5.02 Å². The zero-order chi connectivity index (χ0) is 19.8. The van der Waals surface area contributed by atoms with Crippen LogP contribution in [0.25, 0.3) is 11.0 Å². The minimum atomic E-state index is -0.644. The molecule has 0 spiro atoms. The summed E-state index contributed by atoms with van der Waals surface area (Å²) in [6.45, 7) is 1.90. The number of carbonyl (C=O) groups is 1. The molecule has 0 fully saturated rings. The highest BCUT2D eigenvalue weighted by Crippen LogP contribution is 2.25. The zero-order valence-electron chi connectivity index (χ0n) is 15.2. The molecular formula is C20H18ClFN4O2. The van der Waals surface area contributed by atoms with Crippen molar-refractivity contribution in [2.24, 2.45) is 5.92 Å². The first-order chi connectivity index (χ1) is 13.4. The molecule has 3 aromatic rings. The van der Waals surface area contributed by atoms with E-state index in [1.165, 1.54) is 23.0 Å². The minimum Gasteiger partial charge on any atom is -0.322 e. The second-order valence-corrected chi connectivity index (χ2v) is 7.60. The summed E-state index contributed by atoms with van der Waals surface area (Å²) in [6.07, 6.45) is 4.13. The molecule has 8 heteroatoms. The zero-order valence-corrected chi connectivity index (χ0v) is 16.0. The number of aryl methyl sites for hydroxylation is 1. The molecule has 1 N–H and O–H groups in total. The van der Waals surface area contributed by atoms with Gasteiger partial charge in [0.05, 0.1) is 11.1 Å². The highest BCUT2D eigenvalue weighted by molar-refractivity contribution is 6.30. The van der Waals surface area contributed by atoms with Crippen molar-refractivity contribution in [3.63, 3.8) is 0 Å². The molecule has 0 unspecified atom stereocenters. The fraction of sp³-hybridized carbons (Fsp3) is 0.300. The van der Waals surface area contributed by atoms with Crippen molar-refractivity contribution in [2.45, 2.75) is 32.7 Å². The van der Waals surface area contributed by atoms with Crippen LogP contribution in [0.3, 0.4) is 0 Å². The van der Waals surface area contributed by atoms with E-state index in [1.54, 1.807) is 0 Å². The van der Waals surface area contributed by atoms with Crippen LogP contribution in [0.5, 0.6) is 0 Å². The average molecular weight is 401 g/mol. The number of rotatable bonds is 3. The number of halogens is 2. The van der Waals surface area contributed by atoms with E-state index >= 15 is 0 Å². The number of amides is 1. The topological polar surface area (TPSA) is 76.9 Å². The van der Waals surface area contributed by atoms with Crippen LogP contribution in [-0.2, 0) is 24.2 Å². The Bertz CT molecular complexity index is 1140. The number of benzene rings is 1. The second-order valence-electron chi connectivity index (χ2n) is 7.16. The highest BCUT2D eigenvalue weighted by atomic mass is 35.5. The monoisotopic (exact) mass is 400 g/mol. The Labute approximate surface area is 165 Å². The molecule has 0 saturated carbocycles. The number of hydrogen-bond donors (Lipinski definition) is 1. The van der Waals surface area contributed by atoms with E-state index in [1.807, 2.05) is 6.07 Å². The maximum absolute atomic E-state index is 13.8. The highest BCUT2D eigenvalue weighted by Gasteiger charge is 2.19. The van der Waals surface area contributed by atoms with E-state index in [0.717, 1.165) is 36.6 Å². The fourth-order valence-corrected chi connectivity index (χ4v) is 3.63. The summed E-state index contributed by atoms with van der Waals surface area (Å²) in [5, 5.41) is 3.06. The smallest absolute Gasteiger partial charge is 0.263 e. The van der Waals surface area contributed by atoms with Crippen LogP contribution in [0.1, 0.15) is 24.6 Å². The van der Waals surface area contributed by atoms with Gasteiger partial charge in [-0.1, -0.05) is 18.5 Å². The molecule has 2 heterocycles. The van der Waals surface area contributed by atoms with Gasteiger partial charge in [-0.25, -0.2) is 14.4 Å². The number of nitrogens with zero attached hydrogens (tertiary/aromatic N) is 3. The quantitative estimate of drug-likeness (QED) is 0.731. The Morgan fingerprint density at radius 2 is 2.21 bits per heavy atom. The van der Waals surface area contributed by atoms with E-state index in [0.29, 0.717) is 17.0 Å². The number of hydrogen-bond acceptors (Lipinski definition) is 4. The molecule has 0 saturated heterocycles. The summed E-state index contributed by atoms with van der Waals surface area (Å²) >= 11 is 5.71. The summed E-state index contributed by atoms with van der Waals surface area (Å²) in [6, 6.07) is 5.79. The van der Waals surface area contributed by atoms with Gasteiger partial charge in [-0.05, 0) is 55.0 Å². The van der Waals surface area contributed by atoms with Crippen LogP contribution in [-0.4, -0.2) is 20.4 Å². The summed E-state index contributed by atoms with van der Waals surface area (Å²) < 4.78 is 15.0. The van der Waals surface area contributed by atoms with E-state index in [-0.39, 0.29) is 22.8 Å². The molecule has 6 nitrogen and oxygen atoms in total. The van der Waals surface area contributed by atoms with Crippen molar-refractivity contribution < 1.29 is 9.18 Å². The van der Waals surface area contributed by atoms with Crippen LogP contribution in [0.15, 0.2) is 35.4 Å². The van der Waals surface area contributed by atoms with Crippen LogP contribution in [0.4, 0.5) is 10.1 Å². The van der Waals surface area contributed by atoms with Crippen LogP contribution in [0, 0.1) is 11.7 Å². The molecule has 2 aromatic heterocycles. The predicted molar refractivity (Wildman–Crippen MR) is 105 cm³/mol. The second kappa shape index (κ2) is 7.31. The van der Waals surface area contributed by atoms with Crippen molar-refractivity contribution >= 4 is 34.2 Å². The Balaban J connectivity index is 1.61. The average Bonchev–Trinajstić information content (AvgIpc) is 2.65. The molecule has 0 bridgehead atoms. The lowest BCUT2D eigenvalue weighted by molar-refractivity contribution is -0.116. The lowest BCUT2D eigenvalue weighted by Gasteiger charge is -2.20.